The zero-order chi connectivity index (χ0) is 21.1. The van der Waals surface area contributed by atoms with Crippen molar-refractivity contribution < 1.29 is 4.52 Å². The molecule has 0 unspecified atom stereocenters. The summed E-state index contributed by atoms with van der Waals surface area (Å²) in [6, 6.07) is 7.96. The van der Waals surface area contributed by atoms with Gasteiger partial charge in [0.05, 0.1) is 23.4 Å². The first-order valence-electron chi connectivity index (χ1n) is 10.2. The van der Waals surface area contributed by atoms with Crippen LogP contribution in [0.2, 0.25) is 5.02 Å². The summed E-state index contributed by atoms with van der Waals surface area (Å²) >= 11 is 5.99. The van der Waals surface area contributed by atoms with Crippen molar-refractivity contribution in [3.8, 4) is 0 Å². The van der Waals surface area contributed by atoms with Gasteiger partial charge in [-0.15, -0.1) is 0 Å². The van der Waals surface area contributed by atoms with Gasteiger partial charge in [-0.3, -0.25) is 14.3 Å². The summed E-state index contributed by atoms with van der Waals surface area (Å²) in [5.41, 5.74) is 2.44. The normalized spacial score (nSPS) is 22.1. The highest BCUT2D eigenvalue weighted by Crippen LogP contribution is 2.57. The second kappa shape index (κ2) is 6.88. The maximum atomic E-state index is 12.8. The lowest BCUT2D eigenvalue weighted by Crippen LogP contribution is -2.23. The molecule has 0 bridgehead atoms. The Hall–Kier alpha value is -3.26. The number of rotatable bonds is 4. The molecule has 6 rings (SSSR count). The van der Waals surface area contributed by atoms with E-state index >= 15 is 0 Å². The largest absolute Gasteiger partial charge is 0.371 e. The molecule has 2 fully saturated rings. The summed E-state index contributed by atoms with van der Waals surface area (Å²) in [6.45, 7) is 4.01. The van der Waals surface area contributed by atoms with E-state index in [0.717, 1.165) is 29.5 Å². The van der Waals surface area contributed by atoms with Crippen molar-refractivity contribution in [2.75, 3.05) is 18.0 Å². The number of nitrogens with zero attached hydrogens (tertiary/aromatic N) is 6. The first-order chi connectivity index (χ1) is 15.1. The smallest absolute Gasteiger partial charge is 0.262 e. The molecule has 0 amide bonds. The van der Waals surface area contributed by atoms with Gasteiger partial charge in [-0.2, -0.15) is 4.98 Å². The summed E-state index contributed by atoms with van der Waals surface area (Å²) in [7, 11) is 0. The Morgan fingerprint density at radius 3 is 2.71 bits per heavy atom. The number of benzene rings is 1. The third kappa shape index (κ3) is 3.09. The van der Waals surface area contributed by atoms with Crippen LogP contribution in [0.1, 0.15) is 23.2 Å². The maximum Gasteiger partial charge on any atom is 0.262 e. The third-order valence-corrected chi connectivity index (χ3v) is 6.65. The highest BCUT2D eigenvalue weighted by molar-refractivity contribution is 6.30. The van der Waals surface area contributed by atoms with Crippen LogP contribution in [0.3, 0.4) is 0 Å². The number of piperidine rings is 1. The van der Waals surface area contributed by atoms with Gasteiger partial charge < -0.3 is 9.42 Å². The van der Waals surface area contributed by atoms with Gasteiger partial charge in [-0.05, 0) is 48.6 Å². The van der Waals surface area contributed by atoms with Crippen LogP contribution >= 0.6 is 11.6 Å². The standard InChI is InChI=1S/C22H19ClN6O2/c1-12-6-24-7-17-19(12)22(30)29(11-25-17)10-18-26-21(27-31-18)20-15-8-28(9-16(15)20)14-4-2-13(23)3-5-14/h2-7,11,15-16,20H,8-10H2,1H3/t15-,16+,20-. The Morgan fingerprint density at radius 2 is 1.94 bits per heavy atom. The molecule has 1 saturated heterocycles. The molecular formula is C22H19ClN6O2. The minimum Gasteiger partial charge on any atom is -0.371 e. The van der Waals surface area contributed by atoms with E-state index in [1.807, 2.05) is 19.1 Å². The van der Waals surface area contributed by atoms with Crippen LogP contribution in [0.25, 0.3) is 10.9 Å². The maximum absolute atomic E-state index is 12.8. The minimum absolute atomic E-state index is 0.133. The van der Waals surface area contributed by atoms with Crippen LogP contribution in [-0.2, 0) is 6.54 Å². The van der Waals surface area contributed by atoms with Crippen LogP contribution in [0.5, 0.6) is 0 Å². The first-order valence-corrected chi connectivity index (χ1v) is 10.6. The van der Waals surface area contributed by atoms with Crippen LogP contribution < -0.4 is 10.5 Å². The molecule has 1 saturated carbocycles. The predicted octanol–water partition coefficient (Wildman–Crippen LogP) is 3.03. The van der Waals surface area contributed by atoms with Gasteiger partial charge in [0, 0.05) is 35.9 Å². The Balaban J connectivity index is 1.17. The van der Waals surface area contributed by atoms with Gasteiger partial charge in [-0.25, -0.2) is 4.98 Å². The lowest BCUT2D eigenvalue weighted by atomic mass is 10.2. The number of halogens is 1. The fraction of sp³-hybridized carbons (Fsp3) is 0.318. The molecule has 3 atom stereocenters. The number of hydrogen-bond donors (Lipinski definition) is 0. The fourth-order valence-corrected chi connectivity index (χ4v) is 4.88. The molecule has 3 aromatic heterocycles. The number of aromatic nitrogens is 5. The van der Waals surface area contributed by atoms with Crippen molar-refractivity contribution in [3.63, 3.8) is 0 Å². The molecule has 31 heavy (non-hydrogen) atoms. The van der Waals surface area contributed by atoms with Crippen molar-refractivity contribution in [3.05, 3.63) is 75.6 Å². The summed E-state index contributed by atoms with van der Waals surface area (Å²) < 4.78 is 6.97. The molecule has 1 aliphatic heterocycles. The van der Waals surface area contributed by atoms with Crippen LogP contribution in [0.4, 0.5) is 5.69 Å². The number of anilines is 1. The van der Waals surface area contributed by atoms with Crippen molar-refractivity contribution in [1.29, 1.82) is 0 Å². The van der Waals surface area contributed by atoms with E-state index in [1.54, 1.807) is 12.4 Å². The monoisotopic (exact) mass is 434 g/mol. The van der Waals surface area contributed by atoms with Crippen molar-refractivity contribution in [2.24, 2.45) is 11.8 Å². The zero-order valence-electron chi connectivity index (χ0n) is 16.8. The Bertz CT molecular complexity index is 1340. The van der Waals surface area contributed by atoms with Crippen LogP contribution in [0, 0.1) is 18.8 Å². The van der Waals surface area contributed by atoms with E-state index in [0.29, 0.717) is 34.5 Å². The number of pyridine rings is 1. The summed E-state index contributed by atoms with van der Waals surface area (Å²) in [4.78, 5) is 28.2. The van der Waals surface area contributed by atoms with E-state index in [-0.39, 0.29) is 12.1 Å². The molecule has 0 radical (unpaired) electrons. The van der Waals surface area contributed by atoms with Crippen molar-refractivity contribution in [2.45, 2.75) is 19.4 Å². The average Bonchev–Trinajstić information content (AvgIpc) is 3.09. The molecule has 0 N–H and O–H groups in total. The van der Waals surface area contributed by atoms with E-state index in [1.165, 1.54) is 16.6 Å². The Labute approximate surface area is 182 Å². The summed E-state index contributed by atoms with van der Waals surface area (Å²) in [5.74, 6) is 2.54. The topological polar surface area (TPSA) is 89.9 Å². The fourth-order valence-electron chi connectivity index (χ4n) is 4.75. The van der Waals surface area contributed by atoms with E-state index < -0.39 is 0 Å². The SMILES string of the molecule is Cc1cncc2ncn(Cc3nc([C@@H]4[C@@H]5CN(c6ccc(Cl)cc6)C[C@@H]54)no3)c(=O)c12. The molecule has 4 aromatic rings. The van der Waals surface area contributed by atoms with Gasteiger partial charge in [-0.1, -0.05) is 16.8 Å². The summed E-state index contributed by atoms with van der Waals surface area (Å²) in [5, 5.41) is 5.52. The molecule has 2 aliphatic rings. The second-order valence-electron chi connectivity index (χ2n) is 8.31. The minimum atomic E-state index is -0.133. The molecule has 4 heterocycles. The van der Waals surface area contributed by atoms with E-state index in [9.17, 15) is 4.79 Å². The number of hydrogen-bond acceptors (Lipinski definition) is 7. The van der Waals surface area contributed by atoms with Gasteiger partial charge in [0.25, 0.3) is 5.56 Å². The van der Waals surface area contributed by atoms with Gasteiger partial charge >= 0.3 is 0 Å². The molecule has 8 nitrogen and oxygen atoms in total. The Kier molecular flexibility index (Phi) is 4.11. The Morgan fingerprint density at radius 1 is 1.16 bits per heavy atom. The number of fused-ring (bicyclic) bond motifs is 2. The number of aryl methyl sites for hydroxylation is 1. The first kappa shape index (κ1) is 18.5. The van der Waals surface area contributed by atoms with Crippen molar-refractivity contribution in [1.82, 2.24) is 24.7 Å². The van der Waals surface area contributed by atoms with E-state index in [2.05, 4.69) is 37.1 Å². The molecule has 1 aromatic carbocycles. The lowest BCUT2D eigenvalue weighted by molar-refractivity contribution is 0.363. The molecule has 0 spiro atoms. The highest BCUT2D eigenvalue weighted by Gasteiger charge is 2.58. The molecular weight excluding hydrogens is 416 g/mol. The van der Waals surface area contributed by atoms with Gasteiger partial charge in [0.15, 0.2) is 5.82 Å². The zero-order valence-corrected chi connectivity index (χ0v) is 17.5. The van der Waals surface area contributed by atoms with Crippen LogP contribution in [-0.4, -0.2) is 37.8 Å². The quantitative estimate of drug-likeness (QED) is 0.487. The molecule has 9 heteroatoms. The van der Waals surface area contributed by atoms with Gasteiger partial charge in [0.1, 0.15) is 6.54 Å². The molecule has 156 valence electrons. The second-order valence-corrected chi connectivity index (χ2v) is 8.75. The van der Waals surface area contributed by atoms with Crippen LogP contribution in [0.15, 0.2) is 52.3 Å². The average molecular weight is 435 g/mol. The third-order valence-electron chi connectivity index (χ3n) is 6.40. The molecule has 1 aliphatic carbocycles. The van der Waals surface area contributed by atoms with Gasteiger partial charge in [0.2, 0.25) is 5.89 Å². The lowest BCUT2D eigenvalue weighted by Gasteiger charge is -2.21. The summed E-state index contributed by atoms with van der Waals surface area (Å²) in [6.07, 6.45) is 4.77. The highest BCUT2D eigenvalue weighted by atomic mass is 35.5. The predicted molar refractivity (Wildman–Crippen MR) is 115 cm³/mol. The van der Waals surface area contributed by atoms with E-state index in [4.69, 9.17) is 16.1 Å². The van der Waals surface area contributed by atoms with Crippen molar-refractivity contribution >= 4 is 28.2 Å².